The summed E-state index contributed by atoms with van der Waals surface area (Å²) in [5.41, 5.74) is 0.328. The molecule has 0 aromatic carbocycles. The Hall–Kier alpha value is -2.15. The topological polar surface area (TPSA) is 111 Å². The predicted octanol–water partition coefficient (Wildman–Crippen LogP) is -0.374. The van der Waals surface area contributed by atoms with E-state index < -0.39 is 18.6 Å². The van der Waals surface area contributed by atoms with Gasteiger partial charge in [0.25, 0.3) is 0 Å². The average molecular weight is 240 g/mol. The lowest BCUT2D eigenvalue weighted by atomic mass is 10.2. The van der Waals surface area contributed by atoms with Crippen LogP contribution in [0.25, 0.3) is 0 Å². The number of ketones is 1. The SMILES string of the molecule is CC(=O)c1c[nH]c(N(C=O)C(CO)C(=O)O)c1. The lowest BCUT2D eigenvalue weighted by Crippen LogP contribution is -2.43. The summed E-state index contributed by atoms with van der Waals surface area (Å²) in [4.78, 5) is 36.1. The monoisotopic (exact) mass is 240 g/mol. The average Bonchev–Trinajstić information content (AvgIpc) is 2.74. The number of aliphatic carboxylic acids is 1. The zero-order chi connectivity index (χ0) is 13.0. The normalized spacial score (nSPS) is 11.9. The number of aromatic nitrogens is 1. The van der Waals surface area contributed by atoms with Crippen LogP contribution in [0.1, 0.15) is 17.3 Å². The molecule has 1 aromatic rings. The van der Waals surface area contributed by atoms with Gasteiger partial charge in [-0.25, -0.2) is 4.79 Å². The molecule has 0 aliphatic rings. The second-order valence-electron chi connectivity index (χ2n) is 3.38. The van der Waals surface area contributed by atoms with Crippen LogP contribution in [0.4, 0.5) is 5.82 Å². The van der Waals surface area contributed by atoms with Gasteiger partial charge < -0.3 is 15.2 Å². The third-order valence-corrected chi connectivity index (χ3v) is 2.26. The Balaban J connectivity index is 3.04. The van der Waals surface area contributed by atoms with Crippen LogP contribution in [0.3, 0.4) is 0 Å². The number of aromatic amines is 1. The smallest absolute Gasteiger partial charge is 0.329 e. The van der Waals surface area contributed by atoms with Crippen molar-refractivity contribution in [1.82, 2.24) is 4.98 Å². The van der Waals surface area contributed by atoms with E-state index in [-0.39, 0.29) is 18.0 Å². The summed E-state index contributed by atoms with van der Waals surface area (Å²) in [6.07, 6.45) is 1.65. The largest absolute Gasteiger partial charge is 0.480 e. The molecule has 0 spiro atoms. The zero-order valence-corrected chi connectivity index (χ0v) is 9.08. The molecule has 7 heteroatoms. The maximum Gasteiger partial charge on any atom is 0.329 e. The van der Waals surface area contributed by atoms with Gasteiger partial charge in [0, 0.05) is 11.8 Å². The zero-order valence-electron chi connectivity index (χ0n) is 9.08. The molecule has 17 heavy (non-hydrogen) atoms. The molecule has 0 saturated carbocycles. The highest BCUT2D eigenvalue weighted by atomic mass is 16.4. The molecule has 3 N–H and O–H groups in total. The van der Waals surface area contributed by atoms with Crippen molar-refractivity contribution in [2.75, 3.05) is 11.5 Å². The summed E-state index contributed by atoms with van der Waals surface area (Å²) in [6, 6.07) is -0.0338. The van der Waals surface area contributed by atoms with Gasteiger partial charge in [-0.15, -0.1) is 0 Å². The van der Waals surface area contributed by atoms with Gasteiger partial charge in [0.05, 0.1) is 6.61 Å². The summed E-state index contributed by atoms with van der Waals surface area (Å²) in [7, 11) is 0. The molecule has 0 fully saturated rings. The Bertz CT molecular complexity index is 440. The molecule has 1 aromatic heterocycles. The van der Waals surface area contributed by atoms with Crippen LogP contribution in [-0.4, -0.2) is 46.0 Å². The Kier molecular flexibility index (Phi) is 4.00. The minimum absolute atomic E-state index is 0.145. The van der Waals surface area contributed by atoms with Gasteiger partial charge in [-0.1, -0.05) is 0 Å². The lowest BCUT2D eigenvalue weighted by molar-refractivity contribution is -0.140. The highest BCUT2D eigenvalue weighted by Crippen LogP contribution is 2.16. The maximum atomic E-state index is 11.1. The van der Waals surface area contributed by atoms with E-state index >= 15 is 0 Å². The van der Waals surface area contributed by atoms with E-state index in [2.05, 4.69) is 4.98 Å². The Morgan fingerprint density at radius 2 is 2.24 bits per heavy atom. The first-order chi connectivity index (χ1) is 8.01. The highest BCUT2D eigenvalue weighted by Gasteiger charge is 2.26. The van der Waals surface area contributed by atoms with Crippen LogP contribution in [-0.2, 0) is 9.59 Å². The second-order valence-corrected chi connectivity index (χ2v) is 3.38. The van der Waals surface area contributed by atoms with Crippen molar-refractivity contribution >= 4 is 24.0 Å². The molecule has 0 radical (unpaired) electrons. The van der Waals surface area contributed by atoms with E-state index in [0.29, 0.717) is 5.56 Å². The molecular formula is C10H12N2O5. The molecule has 0 saturated heterocycles. The Morgan fingerprint density at radius 3 is 2.59 bits per heavy atom. The molecule has 1 atom stereocenters. The number of carboxylic acids is 1. The molecule has 0 aliphatic carbocycles. The number of amides is 1. The molecule has 0 bridgehead atoms. The van der Waals surface area contributed by atoms with Crippen molar-refractivity contribution in [2.45, 2.75) is 13.0 Å². The van der Waals surface area contributed by atoms with E-state index in [1.54, 1.807) is 0 Å². The maximum absolute atomic E-state index is 11.1. The van der Waals surface area contributed by atoms with Gasteiger partial charge in [0.15, 0.2) is 11.8 Å². The minimum atomic E-state index is -1.38. The van der Waals surface area contributed by atoms with Crippen LogP contribution in [0.5, 0.6) is 0 Å². The molecule has 1 amide bonds. The first kappa shape index (κ1) is 12.9. The van der Waals surface area contributed by atoms with Gasteiger partial charge in [-0.05, 0) is 13.0 Å². The number of H-pyrrole nitrogens is 1. The van der Waals surface area contributed by atoms with Crippen molar-refractivity contribution < 1.29 is 24.6 Å². The van der Waals surface area contributed by atoms with Crippen molar-refractivity contribution in [1.29, 1.82) is 0 Å². The van der Waals surface area contributed by atoms with Gasteiger partial charge in [-0.2, -0.15) is 0 Å². The van der Waals surface area contributed by atoms with Crippen LogP contribution in [0.15, 0.2) is 12.3 Å². The number of hydrogen-bond donors (Lipinski definition) is 3. The third kappa shape index (κ3) is 2.70. The molecular weight excluding hydrogens is 228 g/mol. The van der Waals surface area contributed by atoms with E-state index in [9.17, 15) is 14.4 Å². The summed E-state index contributed by atoms with van der Waals surface area (Å²) in [5.74, 6) is -1.40. The predicted molar refractivity (Wildman–Crippen MR) is 57.8 cm³/mol. The standard InChI is InChI=1S/C10H12N2O5/c1-6(15)7-2-9(11-3-7)12(5-14)8(4-13)10(16)17/h2-3,5,8,11,13H,4H2,1H3,(H,16,17). The first-order valence-corrected chi connectivity index (χ1v) is 4.78. The van der Waals surface area contributed by atoms with E-state index in [4.69, 9.17) is 10.2 Å². The third-order valence-electron chi connectivity index (χ3n) is 2.26. The Morgan fingerprint density at radius 1 is 1.59 bits per heavy atom. The number of aliphatic hydroxyl groups is 1. The molecule has 0 aliphatic heterocycles. The van der Waals surface area contributed by atoms with Gasteiger partial charge in [0.1, 0.15) is 5.82 Å². The fourth-order valence-electron chi connectivity index (χ4n) is 1.32. The van der Waals surface area contributed by atoms with Crippen molar-refractivity contribution in [3.8, 4) is 0 Å². The molecule has 1 unspecified atom stereocenters. The summed E-state index contributed by atoms with van der Waals surface area (Å²) >= 11 is 0. The van der Waals surface area contributed by atoms with Crippen LogP contribution in [0, 0.1) is 0 Å². The fraction of sp³-hybridized carbons (Fsp3) is 0.300. The highest BCUT2D eigenvalue weighted by molar-refractivity contribution is 5.96. The summed E-state index contributed by atoms with van der Waals surface area (Å²) in [6.45, 7) is 0.626. The second kappa shape index (κ2) is 5.26. The molecule has 1 heterocycles. The number of aliphatic hydroxyl groups excluding tert-OH is 1. The molecule has 1 rings (SSSR count). The van der Waals surface area contributed by atoms with Crippen molar-refractivity contribution in [3.63, 3.8) is 0 Å². The van der Waals surface area contributed by atoms with E-state index in [0.717, 1.165) is 4.90 Å². The lowest BCUT2D eigenvalue weighted by Gasteiger charge is -2.21. The molecule has 7 nitrogen and oxygen atoms in total. The van der Waals surface area contributed by atoms with Crippen LogP contribution < -0.4 is 4.90 Å². The summed E-state index contributed by atoms with van der Waals surface area (Å²) in [5, 5.41) is 17.7. The number of rotatable bonds is 6. The number of nitrogens with one attached hydrogen (secondary N) is 1. The first-order valence-electron chi connectivity index (χ1n) is 4.78. The number of nitrogens with zero attached hydrogens (tertiary/aromatic N) is 1. The van der Waals surface area contributed by atoms with Gasteiger partial charge in [0.2, 0.25) is 6.41 Å². The van der Waals surface area contributed by atoms with E-state index in [1.165, 1.54) is 19.2 Å². The minimum Gasteiger partial charge on any atom is -0.480 e. The quantitative estimate of drug-likeness (QED) is 0.464. The molecule has 92 valence electrons. The van der Waals surface area contributed by atoms with Crippen molar-refractivity contribution in [2.24, 2.45) is 0 Å². The number of anilines is 1. The fourth-order valence-corrected chi connectivity index (χ4v) is 1.32. The van der Waals surface area contributed by atoms with Crippen LogP contribution in [0.2, 0.25) is 0 Å². The van der Waals surface area contributed by atoms with Gasteiger partial charge >= 0.3 is 5.97 Å². The number of carboxylic acid groups (broad SMARTS) is 1. The number of carbonyl (C=O) groups is 3. The van der Waals surface area contributed by atoms with Gasteiger partial charge in [-0.3, -0.25) is 14.5 Å². The Labute approximate surface area is 96.7 Å². The van der Waals surface area contributed by atoms with Crippen molar-refractivity contribution in [3.05, 3.63) is 17.8 Å². The number of carbonyl (C=O) groups excluding carboxylic acids is 2. The summed E-state index contributed by atoms with van der Waals surface area (Å²) < 4.78 is 0. The van der Waals surface area contributed by atoms with E-state index in [1.807, 2.05) is 0 Å². The van der Waals surface area contributed by atoms with Crippen LogP contribution >= 0.6 is 0 Å². The number of hydrogen-bond acceptors (Lipinski definition) is 4. The number of Topliss-reactive ketones (excluding diaryl/α,β-unsaturated/α-hetero) is 1.